The number of carbonyl (C=O) groups is 2. The molecule has 0 saturated heterocycles. The minimum Gasteiger partial charge on any atom is -0.478 e. The molecule has 0 atom stereocenters. The molecule has 0 aromatic heterocycles. The number of hydrogen-bond acceptors (Lipinski definition) is 3. The Kier molecular flexibility index (Phi) is 4.28. The van der Waals surface area contributed by atoms with E-state index < -0.39 is 17.7 Å². The van der Waals surface area contributed by atoms with Crippen molar-refractivity contribution >= 4 is 11.9 Å². The van der Waals surface area contributed by atoms with Crippen LogP contribution in [0.5, 0.6) is 5.75 Å². The molecule has 0 unspecified atom stereocenters. The molecule has 0 aliphatic heterocycles. The molecule has 1 aromatic carbocycles. The second kappa shape index (κ2) is 5.69. The van der Waals surface area contributed by atoms with Crippen LogP contribution in [0.1, 0.15) is 12.5 Å². The number of aliphatic carboxylic acids is 2. The molecule has 0 aliphatic carbocycles. The van der Waals surface area contributed by atoms with Crippen molar-refractivity contribution in [1.29, 1.82) is 0 Å². The van der Waals surface area contributed by atoms with E-state index in [9.17, 15) is 9.59 Å². The van der Waals surface area contributed by atoms with Crippen LogP contribution in [-0.4, -0.2) is 22.2 Å². The topological polar surface area (TPSA) is 83.8 Å². The number of ether oxygens (including phenoxy) is 1. The molecule has 5 heteroatoms. The van der Waals surface area contributed by atoms with Crippen molar-refractivity contribution in [3.05, 3.63) is 41.7 Å². The average molecular weight is 236 g/mol. The Morgan fingerprint density at radius 2 is 1.82 bits per heavy atom. The van der Waals surface area contributed by atoms with E-state index in [4.69, 9.17) is 14.9 Å². The van der Waals surface area contributed by atoms with Gasteiger partial charge in [-0.3, -0.25) is 0 Å². The summed E-state index contributed by atoms with van der Waals surface area (Å²) < 4.78 is 4.97. The first-order valence-electron chi connectivity index (χ1n) is 4.97. The van der Waals surface area contributed by atoms with Gasteiger partial charge in [0.2, 0.25) is 5.76 Å². The standard InChI is InChI=1S/C12H12O5/c1-2-8-3-5-9(6-4-8)17-10(12(15)16)7-11(13)14/h3-7H,2H2,1H3,(H,13,14)(H,15,16)/b10-7-. The third-order valence-corrected chi connectivity index (χ3v) is 2.02. The van der Waals surface area contributed by atoms with Gasteiger partial charge in [0.1, 0.15) is 5.75 Å². The summed E-state index contributed by atoms with van der Waals surface area (Å²) in [5.41, 5.74) is 1.08. The maximum atomic E-state index is 10.7. The lowest BCUT2D eigenvalue weighted by Gasteiger charge is -2.06. The minimum absolute atomic E-state index is 0.289. The first-order chi connectivity index (χ1) is 8.02. The highest BCUT2D eigenvalue weighted by molar-refractivity contribution is 5.93. The van der Waals surface area contributed by atoms with E-state index in [-0.39, 0.29) is 5.75 Å². The van der Waals surface area contributed by atoms with Crippen molar-refractivity contribution in [2.45, 2.75) is 13.3 Å². The number of hydrogen-bond donors (Lipinski definition) is 2. The zero-order valence-corrected chi connectivity index (χ0v) is 9.21. The quantitative estimate of drug-likeness (QED) is 0.600. The molecule has 0 amide bonds. The Morgan fingerprint density at radius 3 is 2.24 bits per heavy atom. The Balaban J connectivity index is 2.86. The normalized spacial score (nSPS) is 11.0. The molecule has 1 aromatic rings. The van der Waals surface area contributed by atoms with Crippen LogP contribution in [0.3, 0.4) is 0 Å². The van der Waals surface area contributed by atoms with Gasteiger partial charge in [-0.1, -0.05) is 19.1 Å². The van der Waals surface area contributed by atoms with Crippen LogP contribution in [0.2, 0.25) is 0 Å². The van der Waals surface area contributed by atoms with Crippen LogP contribution in [-0.2, 0) is 16.0 Å². The van der Waals surface area contributed by atoms with Crippen LogP contribution in [0, 0.1) is 0 Å². The summed E-state index contributed by atoms with van der Waals surface area (Å²) in [7, 11) is 0. The van der Waals surface area contributed by atoms with Gasteiger partial charge in [0.05, 0.1) is 6.08 Å². The van der Waals surface area contributed by atoms with E-state index in [0.29, 0.717) is 6.08 Å². The third kappa shape index (κ3) is 3.98. The summed E-state index contributed by atoms with van der Waals surface area (Å²) in [5.74, 6) is -3.13. The van der Waals surface area contributed by atoms with Gasteiger partial charge in [-0.15, -0.1) is 0 Å². The molecular weight excluding hydrogens is 224 g/mol. The number of benzene rings is 1. The zero-order valence-electron chi connectivity index (χ0n) is 9.21. The highest BCUT2D eigenvalue weighted by Crippen LogP contribution is 2.15. The molecule has 17 heavy (non-hydrogen) atoms. The summed E-state index contributed by atoms with van der Waals surface area (Å²) >= 11 is 0. The fraction of sp³-hybridized carbons (Fsp3) is 0.167. The number of aryl methyl sites for hydroxylation is 1. The highest BCUT2D eigenvalue weighted by atomic mass is 16.5. The van der Waals surface area contributed by atoms with Crippen LogP contribution in [0.25, 0.3) is 0 Å². The summed E-state index contributed by atoms with van der Waals surface area (Å²) in [6.07, 6.45) is 1.37. The van der Waals surface area contributed by atoms with Crippen molar-refractivity contribution in [2.24, 2.45) is 0 Å². The molecule has 5 nitrogen and oxygen atoms in total. The van der Waals surface area contributed by atoms with Crippen LogP contribution in [0.15, 0.2) is 36.1 Å². The second-order valence-electron chi connectivity index (χ2n) is 3.25. The largest absolute Gasteiger partial charge is 0.478 e. The lowest BCUT2D eigenvalue weighted by molar-refractivity contribution is -0.137. The Hall–Kier alpha value is -2.30. The maximum absolute atomic E-state index is 10.7. The van der Waals surface area contributed by atoms with E-state index in [1.165, 1.54) is 0 Å². The molecule has 0 bridgehead atoms. The molecular formula is C12H12O5. The van der Waals surface area contributed by atoms with Crippen molar-refractivity contribution in [1.82, 2.24) is 0 Å². The first-order valence-corrected chi connectivity index (χ1v) is 4.97. The molecule has 0 saturated carbocycles. The molecule has 90 valence electrons. The number of rotatable bonds is 5. The predicted molar refractivity (Wildman–Crippen MR) is 59.8 cm³/mol. The summed E-state index contributed by atoms with van der Waals surface area (Å²) in [5, 5.41) is 17.2. The molecule has 0 spiro atoms. The van der Waals surface area contributed by atoms with E-state index in [1.807, 2.05) is 6.92 Å². The smallest absolute Gasteiger partial charge is 0.372 e. The SMILES string of the molecule is CCc1ccc(O/C(=C\C(=O)O)C(=O)O)cc1. The van der Waals surface area contributed by atoms with Crippen molar-refractivity contribution in [2.75, 3.05) is 0 Å². The van der Waals surface area contributed by atoms with Crippen molar-refractivity contribution in [3.8, 4) is 5.75 Å². The van der Waals surface area contributed by atoms with E-state index >= 15 is 0 Å². The van der Waals surface area contributed by atoms with Gasteiger partial charge in [-0.2, -0.15) is 0 Å². The monoisotopic (exact) mass is 236 g/mol. The molecule has 0 aliphatic rings. The lowest BCUT2D eigenvalue weighted by atomic mass is 10.2. The lowest BCUT2D eigenvalue weighted by Crippen LogP contribution is -2.10. The fourth-order valence-corrected chi connectivity index (χ4v) is 1.17. The van der Waals surface area contributed by atoms with Crippen molar-refractivity contribution < 1.29 is 24.5 Å². The van der Waals surface area contributed by atoms with Gasteiger partial charge in [-0.25, -0.2) is 9.59 Å². The molecule has 1 rings (SSSR count). The van der Waals surface area contributed by atoms with Gasteiger partial charge in [0, 0.05) is 0 Å². The Morgan fingerprint density at radius 1 is 1.24 bits per heavy atom. The van der Waals surface area contributed by atoms with Gasteiger partial charge < -0.3 is 14.9 Å². The average Bonchev–Trinajstić information content (AvgIpc) is 2.28. The van der Waals surface area contributed by atoms with Gasteiger partial charge >= 0.3 is 11.9 Å². The first kappa shape index (κ1) is 12.8. The van der Waals surface area contributed by atoms with E-state index in [2.05, 4.69) is 0 Å². The van der Waals surface area contributed by atoms with Gasteiger partial charge in [0.25, 0.3) is 0 Å². The summed E-state index contributed by atoms with van der Waals surface area (Å²) in [4.78, 5) is 21.1. The van der Waals surface area contributed by atoms with Gasteiger partial charge in [-0.05, 0) is 24.1 Å². The van der Waals surface area contributed by atoms with Crippen LogP contribution >= 0.6 is 0 Å². The molecule has 0 fully saturated rings. The Labute approximate surface area is 98.0 Å². The molecule has 0 heterocycles. The van der Waals surface area contributed by atoms with E-state index in [1.54, 1.807) is 24.3 Å². The number of carboxylic acids is 2. The number of carboxylic acid groups (broad SMARTS) is 2. The summed E-state index contributed by atoms with van der Waals surface area (Å²) in [6.45, 7) is 1.99. The summed E-state index contributed by atoms with van der Waals surface area (Å²) in [6, 6.07) is 6.76. The van der Waals surface area contributed by atoms with Crippen LogP contribution in [0.4, 0.5) is 0 Å². The molecule has 2 N–H and O–H groups in total. The van der Waals surface area contributed by atoms with Gasteiger partial charge in [0.15, 0.2) is 0 Å². The molecule has 0 radical (unpaired) electrons. The zero-order chi connectivity index (χ0) is 12.8. The fourth-order valence-electron chi connectivity index (χ4n) is 1.17. The van der Waals surface area contributed by atoms with Crippen molar-refractivity contribution in [3.63, 3.8) is 0 Å². The third-order valence-electron chi connectivity index (χ3n) is 2.02. The highest BCUT2D eigenvalue weighted by Gasteiger charge is 2.12. The Bertz CT molecular complexity index is 444. The maximum Gasteiger partial charge on any atom is 0.372 e. The van der Waals surface area contributed by atoms with E-state index in [0.717, 1.165) is 12.0 Å². The van der Waals surface area contributed by atoms with Crippen LogP contribution < -0.4 is 4.74 Å². The predicted octanol–water partition coefficient (Wildman–Crippen LogP) is 1.68. The minimum atomic E-state index is -1.42. The second-order valence-corrected chi connectivity index (χ2v) is 3.25.